The van der Waals surface area contributed by atoms with Crippen LogP contribution in [0.25, 0.3) is 0 Å². The summed E-state index contributed by atoms with van der Waals surface area (Å²) in [6, 6.07) is 4.17. The normalized spacial score (nSPS) is 31.1. The highest BCUT2D eigenvalue weighted by molar-refractivity contribution is 5.81. The number of nitrogens with zero attached hydrogens (tertiary/aromatic N) is 1. The fourth-order valence-electron chi connectivity index (χ4n) is 4.34. The monoisotopic (exact) mass is 287 g/mol. The third kappa shape index (κ3) is 1.75. The maximum absolute atomic E-state index is 11.9. The van der Waals surface area contributed by atoms with Crippen LogP contribution < -0.4 is 9.47 Å². The van der Waals surface area contributed by atoms with Gasteiger partial charge in [0, 0.05) is 30.4 Å². The van der Waals surface area contributed by atoms with Gasteiger partial charge < -0.3 is 14.4 Å². The molecule has 112 valence electrons. The second-order valence-corrected chi connectivity index (χ2v) is 6.62. The lowest BCUT2D eigenvalue weighted by Crippen LogP contribution is -2.44. The molecular formula is C17H21NO3. The molecule has 1 aromatic carbocycles. The molecule has 21 heavy (non-hydrogen) atoms. The molecule has 1 spiro atoms. The highest BCUT2D eigenvalue weighted by Crippen LogP contribution is 2.56. The van der Waals surface area contributed by atoms with Crippen LogP contribution in [0.15, 0.2) is 12.1 Å². The highest BCUT2D eigenvalue weighted by atomic mass is 16.5. The van der Waals surface area contributed by atoms with E-state index in [9.17, 15) is 4.79 Å². The number of carbonyl (C=O) groups is 1. The Morgan fingerprint density at radius 3 is 3.05 bits per heavy atom. The minimum Gasteiger partial charge on any atom is -0.493 e. The largest absolute Gasteiger partial charge is 0.493 e. The van der Waals surface area contributed by atoms with Crippen LogP contribution in [0.4, 0.5) is 0 Å². The fourth-order valence-corrected chi connectivity index (χ4v) is 4.34. The lowest BCUT2D eigenvalue weighted by Gasteiger charge is -2.37. The zero-order valence-corrected chi connectivity index (χ0v) is 12.6. The molecule has 0 bridgehead atoms. The van der Waals surface area contributed by atoms with Gasteiger partial charge in [-0.05, 0) is 38.1 Å². The molecule has 1 aromatic rings. The molecule has 1 saturated carbocycles. The Kier molecular flexibility index (Phi) is 2.80. The molecule has 0 radical (unpaired) electrons. The van der Waals surface area contributed by atoms with E-state index in [1.54, 1.807) is 7.11 Å². The molecule has 0 N–H and O–H groups in total. The van der Waals surface area contributed by atoms with E-state index in [0.29, 0.717) is 18.6 Å². The van der Waals surface area contributed by atoms with Gasteiger partial charge >= 0.3 is 0 Å². The van der Waals surface area contributed by atoms with Gasteiger partial charge in [0.05, 0.1) is 7.11 Å². The SMILES string of the molecule is COc1ccc2c3c1O[C@H]1CC(=O)CC[C@@]31CCN(C)C2. The molecule has 0 aromatic heterocycles. The summed E-state index contributed by atoms with van der Waals surface area (Å²) in [5, 5.41) is 0. The van der Waals surface area contributed by atoms with Crippen molar-refractivity contribution in [2.24, 2.45) is 0 Å². The minimum absolute atomic E-state index is 0.00435. The van der Waals surface area contributed by atoms with E-state index in [0.717, 1.165) is 37.4 Å². The predicted octanol–water partition coefficient (Wildman–Crippen LogP) is 2.28. The van der Waals surface area contributed by atoms with Crippen LogP contribution in [-0.2, 0) is 16.8 Å². The van der Waals surface area contributed by atoms with Crippen LogP contribution >= 0.6 is 0 Å². The summed E-state index contributed by atoms with van der Waals surface area (Å²) in [4.78, 5) is 14.3. The molecule has 0 unspecified atom stereocenters. The average molecular weight is 287 g/mol. The van der Waals surface area contributed by atoms with E-state index in [-0.39, 0.29) is 11.5 Å². The summed E-state index contributed by atoms with van der Waals surface area (Å²) in [5.74, 6) is 2.03. The molecular weight excluding hydrogens is 266 g/mol. The van der Waals surface area contributed by atoms with Gasteiger partial charge in [-0.3, -0.25) is 4.79 Å². The van der Waals surface area contributed by atoms with Crippen molar-refractivity contribution in [1.29, 1.82) is 0 Å². The third-order valence-electron chi connectivity index (χ3n) is 5.45. The number of methoxy groups -OCH3 is 1. The summed E-state index contributed by atoms with van der Waals surface area (Å²) in [6.07, 6.45) is 3.20. The van der Waals surface area contributed by atoms with Gasteiger partial charge in [-0.25, -0.2) is 0 Å². The lowest BCUT2D eigenvalue weighted by atomic mass is 9.65. The van der Waals surface area contributed by atoms with Crippen molar-refractivity contribution in [3.05, 3.63) is 23.3 Å². The Balaban J connectivity index is 1.92. The number of hydrogen-bond acceptors (Lipinski definition) is 4. The molecule has 2 atom stereocenters. The molecule has 1 aliphatic carbocycles. The van der Waals surface area contributed by atoms with E-state index in [1.807, 2.05) is 6.07 Å². The molecule has 4 nitrogen and oxygen atoms in total. The predicted molar refractivity (Wildman–Crippen MR) is 78.9 cm³/mol. The molecule has 2 aliphatic heterocycles. The van der Waals surface area contributed by atoms with E-state index >= 15 is 0 Å². The van der Waals surface area contributed by atoms with Gasteiger partial charge in [0.1, 0.15) is 11.9 Å². The molecule has 0 saturated heterocycles. The number of ether oxygens (including phenoxy) is 2. The van der Waals surface area contributed by atoms with Gasteiger partial charge in [-0.2, -0.15) is 0 Å². The van der Waals surface area contributed by atoms with Gasteiger partial charge in [-0.1, -0.05) is 6.07 Å². The van der Waals surface area contributed by atoms with E-state index in [4.69, 9.17) is 9.47 Å². The standard InChI is InChI=1S/C17H21NO3/c1-18-8-7-17-6-5-12(19)9-14(17)21-16-13(20-2)4-3-11(10-18)15(16)17/h3-4,14H,5-10H2,1-2H3/t14-,17-/m0/s1. The van der Waals surface area contributed by atoms with Crippen molar-refractivity contribution in [2.45, 2.75) is 43.7 Å². The zero-order valence-electron chi connectivity index (χ0n) is 12.6. The van der Waals surface area contributed by atoms with Crippen molar-refractivity contribution in [3.8, 4) is 11.5 Å². The van der Waals surface area contributed by atoms with Crippen molar-refractivity contribution < 1.29 is 14.3 Å². The Labute approximate surface area is 125 Å². The summed E-state index contributed by atoms with van der Waals surface area (Å²) in [6.45, 7) is 1.99. The average Bonchev–Trinajstić information content (AvgIpc) is 2.72. The maximum atomic E-state index is 11.9. The Hall–Kier alpha value is -1.55. The van der Waals surface area contributed by atoms with Gasteiger partial charge in [0.15, 0.2) is 11.5 Å². The first kappa shape index (κ1) is 13.1. The topological polar surface area (TPSA) is 38.8 Å². The van der Waals surface area contributed by atoms with Crippen LogP contribution in [0.2, 0.25) is 0 Å². The van der Waals surface area contributed by atoms with Crippen LogP contribution in [0.1, 0.15) is 36.8 Å². The summed E-state index contributed by atoms with van der Waals surface area (Å²) in [5.41, 5.74) is 2.67. The van der Waals surface area contributed by atoms with Crippen molar-refractivity contribution >= 4 is 5.78 Å². The second kappa shape index (κ2) is 4.47. The summed E-state index contributed by atoms with van der Waals surface area (Å²) < 4.78 is 11.7. The summed E-state index contributed by atoms with van der Waals surface area (Å²) >= 11 is 0. The fraction of sp³-hybridized carbons (Fsp3) is 0.588. The lowest BCUT2D eigenvalue weighted by molar-refractivity contribution is -0.124. The van der Waals surface area contributed by atoms with E-state index in [1.165, 1.54) is 11.1 Å². The third-order valence-corrected chi connectivity index (χ3v) is 5.45. The first-order valence-electron chi connectivity index (χ1n) is 7.71. The zero-order chi connectivity index (χ0) is 14.6. The molecule has 1 fully saturated rings. The van der Waals surface area contributed by atoms with Crippen molar-refractivity contribution in [3.63, 3.8) is 0 Å². The molecule has 4 rings (SSSR count). The van der Waals surface area contributed by atoms with E-state index in [2.05, 4.69) is 18.0 Å². The van der Waals surface area contributed by atoms with Crippen LogP contribution in [0.3, 0.4) is 0 Å². The van der Waals surface area contributed by atoms with Crippen molar-refractivity contribution in [1.82, 2.24) is 4.90 Å². The Bertz CT molecular complexity index is 612. The number of carbonyl (C=O) groups excluding carboxylic acids is 1. The van der Waals surface area contributed by atoms with Crippen LogP contribution in [0, 0.1) is 0 Å². The first-order chi connectivity index (χ1) is 10.1. The molecule has 3 aliphatic rings. The number of hydrogen-bond donors (Lipinski definition) is 0. The Morgan fingerprint density at radius 2 is 2.24 bits per heavy atom. The molecule has 0 amide bonds. The maximum Gasteiger partial charge on any atom is 0.165 e. The Morgan fingerprint density at radius 1 is 1.38 bits per heavy atom. The quantitative estimate of drug-likeness (QED) is 0.794. The van der Waals surface area contributed by atoms with Gasteiger partial charge in [-0.15, -0.1) is 0 Å². The van der Waals surface area contributed by atoms with E-state index < -0.39 is 0 Å². The van der Waals surface area contributed by atoms with Crippen molar-refractivity contribution in [2.75, 3.05) is 20.7 Å². The molecule has 2 heterocycles. The summed E-state index contributed by atoms with van der Waals surface area (Å²) in [7, 11) is 3.85. The number of rotatable bonds is 1. The number of benzene rings is 1. The van der Waals surface area contributed by atoms with Gasteiger partial charge in [0.2, 0.25) is 0 Å². The van der Waals surface area contributed by atoms with Crippen LogP contribution in [-0.4, -0.2) is 37.5 Å². The number of Topliss-reactive ketones (excluding diaryl/α,β-unsaturated/α-hetero) is 1. The van der Waals surface area contributed by atoms with Gasteiger partial charge in [0.25, 0.3) is 0 Å². The van der Waals surface area contributed by atoms with Crippen LogP contribution in [0.5, 0.6) is 11.5 Å². The minimum atomic E-state index is -0.00435. The number of ketones is 1. The second-order valence-electron chi connectivity index (χ2n) is 6.62. The molecule has 4 heteroatoms. The smallest absolute Gasteiger partial charge is 0.165 e. The highest BCUT2D eigenvalue weighted by Gasteiger charge is 2.54. The first-order valence-corrected chi connectivity index (χ1v) is 7.71.